The Bertz CT molecular complexity index is 545. The van der Waals surface area contributed by atoms with Gasteiger partial charge in [0.15, 0.2) is 23.3 Å². The van der Waals surface area contributed by atoms with Crippen molar-refractivity contribution in [3.05, 3.63) is 46.0 Å². The molecular formula is C13H10F4. The van der Waals surface area contributed by atoms with E-state index in [1.807, 2.05) is 13.0 Å². The molecule has 90 valence electrons. The van der Waals surface area contributed by atoms with Gasteiger partial charge in [0.2, 0.25) is 0 Å². The summed E-state index contributed by atoms with van der Waals surface area (Å²) >= 11 is 0. The molecule has 0 spiro atoms. The smallest absolute Gasteiger partial charge is 0.197 e. The molecule has 0 unspecified atom stereocenters. The van der Waals surface area contributed by atoms with Gasteiger partial charge in [0.25, 0.3) is 0 Å². The van der Waals surface area contributed by atoms with Crippen LogP contribution in [0.25, 0.3) is 0 Å². The van der Waals surface area contributed by atoms with Gasteiger partial charge in [-0.1, -0.05) is 11.6 Å². The van der Waals surface area contributed by atoms with Gasteiger partial charge in [0.05, 0.1) is 0 Å². The number of halogens is 4. The standard InChI is InChI=1S/C13H10F4/c1-5-4-6-2-3-7(5)9-8(6)10(14)12(16)13(17)11(9)15/h4,6-7H,2-3H2,1H3/t6-,7+/m0/s1. The maximum absolute atomic E-state index is 13.7. The topological polar surface area (TPSA) is 0 Å². The molecule has 4 heteroatoms. The molecule has 1 aromatic carbocycles. The van der Waals surface area contributed by atoms with Crippen LogP contribution in [0.4, 0.5) is 17.6 Å². The lowest BCUT2D eigenvalue weighted by molar-refractivity contribution is 0.375. The van der Waals surface area contributed by atoms with Crippen molar-refractivity contribution in [3.8, 4) is 0 Å². The molecule has 1 aromatic rings. The molecule has 0 saturated heterocycles. The van der Waals surface area contributed by atoms with Crippen molar-refractivity contribution in [2.75, 3.05) is 0 Å². The molecule has 0 nitrogen and oxygen atoms in total. The minimum atomic E-state index is -1.69. The van der Waals surface area contributed by atoms with Crippen molar-refractivity contribution in [2.24, 2.45) is 0 Å². The normalized spacial score (nSPS) is 25.8. The fraction of sp³-hybridized carbons (Fsp3) is 0.385. The Morgan fingerprint density at radius 1 is 0.882 bits per heavy atom. The van der Waals surface area contributed by atoms with Crippen LogP contribution in [-0.4, -0.2) is 0 Å². The third-order valence-corrected chi connectivity index (χ3v) is 3.84. The third kappa shape index (κ3) is 1.24. The predicted molar refractivity (Wildman–Crippen MR) is 54.7 cm³/mol. The first-order valence-corrected chi connectivity index (χ1v) is 5.56. The first-order valence-electron chi connectivity index (χ1n) is 5.56. The van der Waals surface area contributed by atoms with Gasteiger partial charge in [-0.25, -0.2) is 17.6 Å². The summed E-state index contributed by atoms with van der Waals surface area (Å²) in [7, 11) is 0. The number of allylic oxidation sites excluding steroid dienone is 2. The Kier molecular flexibility index (Phi) is 2.12. The Morgan fingerprint density at radius 2 is 1.47 bits per heavy atom. The van der Waals surface area contributed by atoms with Crippen LogP contribution in [0.3, 0.4) is 0 Å². The van der Waals surface area contributed by atoms with E-state index in [0.717, 1.165) is 5.57 Å². The molecule has 0 aliphatic heterocycles. The number of hydrogen-bond acceptors (Lipinski definition) is 0. The van der Waals surface area contributed by atoms with Gasteiger partial charge >= 0.3 is 0 Å². The molecule has 0 saturated carbocycles. The summed E-state index contributed by atoms with van der Waals surface area (Å²) < 4.78 is 53.9. The van der Waals surface area contributed by atoms with Gasteiger partial charge < -0.3 is 0 Å². The van der Waals surface area contributed by atoms with Crippen molar-refractivity contribution in [3.63, 3.8) is 0 Å². The first kappa shape index (κ1) is 10.8. The highest BCUT2D eigenvalue weighted by Crippen LogP contribution is 2.51. The SMILES string of the molecule is CC1=C[C@@H]2CC[C@H]1c1c(F)c(F)c(F)c(F)c12. The molecule has 0 N–H and O–H groups in total. The van der Waals surface area contributed by atoms with Crippen LogP contribution >= 0.6 is 0 Å². The molecule has 3 aliphatic carbocycles. The van der Waals surface area contributed by atoms with Crippen LogP contribution in [0.2, 0.25) is 0 Å². The fourth-order valence-electron chi connectivity index (χ4n) is 3.06. The van der Waals surface area contributed by atoms with E-state index in [1.165, 1.54) is 0 Å². The Labute approximate surface area is 95.9 Å². The Hall–Kier alpha value is -1.32. The lowest BCUT2D eigenvalue weighted by Crippen LogP contribution is -2.25. The molecular weight excluding hydrogens is 232 g/mol. The maximum atomic E-state index is 13.7. The summed E-state index contributed by atoms with van der Waals surface area (Å²) in [5, 5.41) is 0. The number of benzene rings is 1. The summed E-state index contributed by atoms with van der Waals surface area (Å²) in [5.74, 6) is -6.46. The lowest BCUT2D eigenvalue weighted by atomic mass is 9.67. The molecule has 0 heterocycles. The van der Waals surface area contributed by atoms with Gasteiger partial charge in [-0.15, -0.1) is 0 Å². The van der Waals surface area contributed by atoms with Crippen LogP contribution in [0.5, 0.6) is 0 Å². The maximum Gasteiger partial charge on any atom is 0.197 e. The van der Waals surface area contributed by atoms with Crippen molar-refractivity contribution in [2.45, 2.75) is 31.6 Å². The van der Waals surface area contributed by atoms with E-state index in [0.29, 0.717) is 12.8 Å². The molecule has 17 heavy (non-hydrogen) atoms. The molecule has 0 amide bonds. The highest BCUT2D eigenvalue weighted by Gasteiger charge is 2.39. The van der Waals surface area contributed by atoms with E-state index in [1.54, 1.807) is 0 Å². The molecule has 2 bridgehead atoms. The van der Waals surface area contributed by atoms with Gasteiger partial charge in [-0.05, 0) is 19.8 Å². The zero-order valence-corrected chi connectivity index (χ0v) is 9.16. The van der Waals surface area contributed by atoms with E-state index in [-0.39, 0.29) is 23.0 Å². The molecule has 0 aromatic heterocycles. The third-order valence-electron chi connectivity index (χ3n) is 3.84. The molecule has 0 fully saturated rings. The average molecular weight is 242 g/mol. The number of rotatable bonds is 0. The largest absolute Gasteiger partial charge is 0.203 e. The summed E-state index contributed by atoms with van der Waals surface area (Å²) in [6, 6.07) is 0. The van der Waals surface area contributed by atoms with Crippen LogP contribution < -0.4 is 0 Å². The van der Waals surface area contributed by atoms with Crippen LogP contribution in [-0.2, 0) is 0 Å². The van der Waals surface area contributed by atoms with Gasteiger partial charge in [0.1, 0.15) is 0 Å². The van der Waals surface area contributed by atoms with E-state index in [2.05, 4.69) is 0 Å². The first-order chi connectivity index (χ1) is 8.02. The summed E-state index contributed by atoms with van der Waals surface area (Å²) in [6.07, 6.45) is 3.16. The summed E-state index contributed by atoms with van der Waals surface area (Å²) in [4.78, 5) is 0. The minimum absolute atomic E-state index is 0.0169. The highest BCUT2D eigenvalue weighted by atomic mass is 19.2. The summed E-state index contributed by atoms with van der Waals surface area (Å²) in [5.41, 5.74) is 0.957. The summed E-state index contributed by atoms with van der Waals surface area (Å²) in [6.45, 7) is 1.82. The van der Waals surface area contributed by atoms with Crippen molar-refractivity contribution in [1.29, 1.82) is 0 Å². The highest BCUT2D eigenvalue weighted by molar-refractivity contribution is 5.49. The van der Waals surface area contributed by atoms with Crippen molar-refractivity contribution >= 4 is 0 Å². The Morgan fingerprint density at radius 3 is 2.06 bits per heavy atom. The van der Waals surface area contributed by atoms with Crippen LogP contribution in [0, 0.1) is 23.3 Å². The molecule has 2 atom stereocenters. The van der Waals surface area contributed by atoms with Gasteiger partial charge in [0, 0.05) is 23.0 Å². The second-order valence-corrected chi connectivity index (χ2v) is 4.73. The van der Waals surface area contributed by atoms with Crippen LogP contribution in [0.1, 0.15) is 42.7 Å². The van der Waals surface area contributed by atoms with E-state index < -0.39 is 23.3 Å². The quantitative estimate of drug-likeness (QED) is 0.277. The van der Waals surface area contributed by atoms with E-state index in [9.17, 15) is 17.6 Å². The fourth-order valence-corrected chi connectivity index (χ4v) is 3.06. The lowest BCUT2D eigenvalue weighted by Gasteiger charge is -2.37. The average Bonchev–Trinajstić information content (AvgIpc) is 2.33. The number of fused-ring (bicyclic) bond motifs is 1. The zero-order chi connectivity index (χ0) is 12.3. The second-order valence-electron chi connectivity index (χ2n) is 4.73. The van der Waals surface area contributed by atoms with E-state index >= 15 is 0 Å². The molecule has 3 aliphatic rings. The van der Waals surface area contributed by atoms with Gasteiger partial charge in [-0.2, -0.15) is 0 Å². The molecule has 0 radical (unpaired) electrons. The van der Waals surface area contributed by atoms with Crippen molar-refractivity contribution < 1.29 is 17.6 Å². The second kappa shape index (κ2) is 3.34. The molecule has 4 rings (SSSR count). The monoisotopic (exact) mass is 242 g/mol. The van der Waals surface area contributed by atoms with Crippen LogP contribution in [0.15, 0.2) is 11.6 Å². The zero-order valence-electron chi connectivity index (χ0n) is 9.16. The van der Waals surface area contributed by atoms with Crippen molar-refractivity contribution in [1.82, 2.24) is 0 Å². The van der Waals surface area contributed by atoms with E-state index in [4.69, 9.17) is 0 Å². The van der Waals surface area contributed by atoms with Gasteiger partial charge in [-0.3, -0.25) is 0 Å². The Balaban J connectivity index is 2.37. The minimum Gasteiger partial charge on any atom is -0.203 e. The predicted octanol–water partition coefficient (Wildman–Crippen LogP) is 4.16. The number of hydrogen-bond donors (Lipinski definition) is 0.